The van der Waals surface area contributed by atoms with Crippen LogP contribution in [-0.4, -0.2) is 67.7 Å². The number of carbonyl (C=O) groups is 1. The first-order valence-electron chi connectivity index (χ1n) is 8.72. The van der Waals surface area contributed by atoms with Crippen LogP contribution >= 0.6 is 0 Å². The maximum Gasteiger partial charge on any atom is 0.270 e. The molecule has 1 aliphatic carbocycles. The largest absolute Gasteiger partial charge is 0.379 e. The van der Waals surface area contributed by atoms with Gasteiger partial charge in [0.1, 0.15) is 5.69 Å². The van der Waals surface area contributed by atoms with Gasteiger partial charge in [-0.2, -0.15) is 0 Å². The number of ether oxygens (including phenoxy) is 1. The number of fused-ring (bicyclic) bond motifs is 1. The molecule has 144 valence electrons. The number of nitrogens with zero attached hydrogens (tertiary/aromatic N) is 3. The van der Waals surface area contributed by atoms with Gasteiger partial charge >= 0.3 is 0 Å². The summed E-state index contributed by atoms with van der Waals surface area (Å²) < 4.78 is 30.9. The predicted molar refractivity (Wildman–Crippen MR) is 96.1 cm³/mol. The number of hydrogen-bond acceptors (Lipinski definition) is 7. The Morgan fingerprint density at radius 1 is 1.27 bits per heavy atom. The van der Waals surface area contributed by atoms with E-state index in [1.165, 1.54) is 18.4 Å². The summed E-state index contributed by atoms with van der Waals surface area (Å²) in [6.45, 7) is 0.574. The molecule has 1 fully saturated rings. The van der Waals surface area contributed by atoms with Crippen LogP contribution in [0.5, 0.6) is 0 Å². The Morgan fingerprint density at radius 2 is 2.00 bits per heavy atom. The molecule has 1 saturated heterocycles. The summed E-state index contributed by atoms with van der Waals surface area (Å²) in [6, 6.07) is -0.382. The zero-order chi connectivity index (χ0) is 18.9. The van der Waals surface area contributed by atoms with Crippen molar-refractivity contribution in [2.45, 2.75) is 31.7 Å². The van der Waals surface area contributed by atoms with Crippen LogP contribution in [0, 0.1) is 5.92 Å². The number of aryl methyl sites for hydroxylation is 1. The second-order valence-electron chi connectivity index (χ2n) is 7.00. The molecule has 1 aliphatic heterocycles. The monoisotopic (exact) mass is 383 g/mol. The molecule has 2 heterocycles. The van der Waals surface area contributed by atoms with E-state index in [9.17, 15) is 13.2 Å². The summed E-state index contributed by atoms with van der Waals surface area (Å²) in [7, 11) is -0.390. The summed E-state index contributed by atoms with van der Waals surface area (Å²) in [4.78, 5) is 21.2. The number of nitrogens with one attached hydrogen (secondary N) is 1. The van der Waals surface area contributed by atoms with Gasteiger partial charge in [0.15, 0.2) is 0 Å². The second-order valence-corrected chi connectivity index (χ2v) is 9.23. The molecule has 1 aromatic rings. The average Bonchev–Trinajstić information content (AvgIpc) is 2.99. The third kappa shape index (κ3) is 3.97. The average molecular weight is 383 g/mol. The second kappa shape index (κ2) is 7.45. The van der Waals surface area contributed by atoms with Crippen LogP contribution in [0.3, 0.4) is 0 Å². The first kappa shape index (κ1) is 19.0. The topological polar surface area (TPSA) is 128 Å². The number of aromatic nitrogens is 2. The van der Waals surface area contributed by atoms with Crippen LogP contribution in [0.15, 0.2) is 0 Å². The maximum absolute atomic E-state index is 12.8. The van der Waals surface area contributed by atoms with Gasteiger partial charge in [-0.1, -0.05) is 0 Å². The highest BCUT2D eigenvalue weighted by molar-refractivity contribution is 7.89. The van der Waals surface area contributed by atoms with Gasteiger partial charge in [-0.15, -0.1) is 0 Å². The molecule has 0 bridgehead atoms. The molecule has 10 heteroatoms. The lowest BCUT2D eigenvalue weighted by molar-refractivity contribution is 0.0919. The third-order valence-electron chi connectivity index (χ3n) is 4.91. The van der Waals surface area contributed by atoms with Gasteiger partial charge in [0, 0.05) is 31.3 Å². The van der Waals surface area contributed by atoms with Crippen LogP contribution in [0.25, 0.3) is 0 Å². The Hall–Kier alpha value is -1.78. The van der Waals surface area contributed by atoms with Gasteiger partial charge in [0.2, 0.25) is 16.0 Å². The van der Waals surface area contributed by atoms with Crippen LogP contribution in [-0.2, 0) is 27.6 Å². The number of hydrogen-bond donors (Lipinski definition) is 2. The number of sulfonamides is 1. The molecule has 0 aromatic carbocycles. The minimum atomic E-state index is -3.38. The van der Waals surface area contributed by atoms with Gasteiger partial charge in [0.25, 0.3) is 5.91 Å². The number of carbonyl (C=O) groups excluding carboxylic acids is 1. The molecule has 2 atom stereocenters. The van der Waals surface area contributed by atoms with Crippen molar-refractivity contribution >= 4 is 21.9 Å². The Morgan fingerprint density at radius 3 is 2.73 bits per heavy atom. The highest BCUT2D eigenvalue weighted by Gasteiger charge is 2.35. The van der Waals surface area contributed by atoms with Gasteiger partial charge < -0.3 is 15.8 Å². The lowest BCUT2D eigenvalue weighted by atomic mass is 9.94. The van der Waals surface area contributed by atoms with E-state index < -0.39 is 10.0 Å². The van der Waals surface area contributed by atoms with Crippen molar-refractivity contribution in [2.24, 2.45) is 5.92 Å². The number of anilines is 1. The van der Waals surface area contributed by atoms with Crippen LogP contribution in [0.1, 0.15) is 34.6 Å². The van der Waals surface area contributed by atoms with E-state index in [4.69, 9.17) is 10.5 Å². The number of amides is 1. The molecular formula is C16H25N5O4S. The summed E-state index contributed by atoms with van der Waals surface area (Å²) in [5, 5.41) is 2.89. The highest BCUT2D eigenvalue weighted by atomic mass is 32.2. The molecular weight excluding hydrogens is 358 g/mol. The standard InChI is InChI=1S/C16H25N5O4S/c1-21(2)26(23,24)9-10-7-25-8-13(10)18-15(22)14-11-5-3-4-6-12(11)19-16(17)20-14/h10,13H,3-9H2,1-2H3,(H,18,22)(H2,17,19,20)/t10-,13+/m0/s1. The quantitative estimate of drug-likeness (QED) is 0.706. The summed E-state index contributed by atoms with van der Waals surface area (Å²) >= 11 is 0. The molecule has 0 unspecified atom stereocenters. The van der Waals surface area contributed by atoms with E-state index in [2.05, 4.69) is 15.3 Å². The summed E-state index contributed by atoms with van der Waals surface area (Å²) in [5.74, 6) is -0.638. The van der Waals surface area contributed by atoms with E-state index in [-0.39, 0.29) is 36.2 Å². The lowest BCUT2D eigenvalue weighted by Crippen LogP contribution is -2.44. The minimum Gasteiger partial charge on any atom is -0.379 e. The van der Waals surface area contributed by atoms with E-state index in [1.807, 2.05) is 0 Å². The minimum absolute atomic E-state index is 0.0744. The zero-order valence-corrected chi connectivity index (χ0v) is 15.9. The molecule has 0 spiro atoms. The molecule has 3 rings (SSSR count). The molecule has 2 aliphatic rings. The van der Waals surface area contributed by atoms with Crippen LogP contribution in [0.4, 0.5) is 5.95 Å². The SMILES string of the molecule is CN(C)S(=O)(=O)C[C@@H]1COC[C@H]1NC(=O)c1nc(N)nc2c1CCCC2. The fourth-order valence-corrected chi connectivity index (χ4v) is 4.55. The van der Waals surface area contributed by atoms with Crippen LogP contribution in [0.2, 0.25) is 0 Å². The Labute approximate surface area is 153 Å². The van der Waals surface area contributed by atoms with Crippen molar-refractivity contribution in [1.29, 1.82) is 0 Å². The molecule has 0 saturated carbocycles. The summed E-state index contributed by atoms with van der Waals surface area (Å²) in [6.07, 6.45) is 3.54. The smallest absolute Gasteiger partial charge is 0.270 e. The maximum atomic E-state index is 12.8. The molecule has 9 nitrogen and oxygen atoms in total. The van der Waals surface area contributed by atoms with Crippen molar-refractivity contribution < 1.29 is 17.9 Å². The van der Waals surface area contributed by atoms with E-state index in [0.29, 0.717) is 12.3 Å². The first-order valence-corrected chi connectivity index (χ1v) is 10.3. The van der Waals surface area contributed by atoms with E-state index >= 15 is 0 Å². The van der Waals surface area contributed by atoms with Crippen molar-refractivity contribution in [3.8, 4) is 0 Å². The number of nitrogen functional groups attached to an aromatic ring is 1. The number of rotatable bonds is 5. The Kier molecular flexibility index (Phi) is 5.44. The molecule has 1 aromatic heterocycles. The van der Waals surface area contributed by atoms with Crippen molar-refractivity contribution in [1.82, 2.24) is 19.6 Å². The van der Waals surface area contributed by atoms with Gasteiger partial charge in [-0.25, -0.2) is 22.7 Å². The molecule has 3 N–H and O–H groups in total. The predicted octanol–water partition coefficient (Wildman–Crippen LogP) is -0.426. The van der Waals surface area contributed by atoms with Gasteiger partial charge in [0.05, 0.1) is 25.0 Å². The highest BCUT2D eigenvalue weighted by Crippen LogP contribution is 2.24. The molecule has 26 heavy (non-hydrogen) atoms. The fourth-order valence-electron chi connectivity index (χ4n) is 3.38. The van der Waals surface area contributed by atoms with Crippen molar-refractivity contribution in [3.63, 3.8) is 0 Å². The van der Waals surface area contributed by atoms with Crippen molar-refractivity contribution in [2.75, 3.05) is 38.8 Å². The van der Waals surface area contributed by atoms with Gasteiger partial charge in [-0.3, -0.25) is 4.79 Å². The Bertz CT molecular complexity index is 796. The van der Waals surface area contributed by atoms with Gasteiger partial charge in [-0.05, 0) is 25.7 Å². The number of nitrogens with two attached hydrogens (primary N) is 1. The lowest BCUT2D eigenvalue weighted by Gasteiger charge is -2.22. The van der Waals surface area contributed by atoms with Crippen molar-refractivity contribution in [3.05, 3.63) is 17.0 Å². The summed E-state index contributed by atoms with van der Waals surface area (Å²) in [5.41, 5.74) is 7.74. The van der Waals surface area contributed by atoms with Crippen LogP contribution < -0.4 is 11.1 Å². The van der Waals surface area contributed by atoms with E-state index in [0.717, 1.165) is 36.9 Å². The Balaban J connectivity index is 1.76. The zero-order valence-electron chi connectivity index (χ0n) is 15.1. The normalized spacial score (nSPS) is 23.0. The van der Waals surface area contributed by atoms with E-state index in [1.54, 1.807) is 0 Å². The first-order chi connectivity index (χ1) is 12.3. The molecule has 1 amide bonds. The third-order valence-corrected chi connectivity index (χ3v) is 6.87. The fraction of sp³-hybridized carbons (Fsp3) is 0.688. The molecule has 0 radical (unpaired) electrons.